The molecule has 2 atom stereocenters. The smallest absolute Gasteiger partial charge is 0.0802 e. The molecule has 2 unspecified atom stereocenters. The average Bonchev–Trinajstić information content (AvgIpc) is 2.32. The van der Waals surface area contributed by atoms with Crippen molar-refractivity contribution < 1.29 is 5.11 Å². The number of nitrogens with one attached hydrogen (secondary N) is 1. The van der Waals surface area contributed by atoms with Crippen molar-refractivity contribution in [3.8, 4) is 0 Å². The van der Waals surface area contributed by atoms with E-state index in [2.05, 4.69) is 45.1 Å². The van der Waals surface area contributed by atoms with Crippen LogP contribution >= 0.6 is 0 Å². The van der Waals surface area contributed by atoms with Crippen LogP contribution in [-0.2, 0) is 0 Å². The average molecular weight is 235 g/mol. The Labute approximate surface area is 105 Å². The summed E-state index contributed by atoms with van der Waals surface area (Å²) in [5.41, 5.74) is 3.55. The van der Waals surface area contributed by atoms with Crippen LogP contribution in [0, 0.1) is 13.8 Å². The molecule has 17 heavy (non-hydrogen) atoms. The Hall–Kier alpha value is -0.860. The maximum absolute atomic E-state index is 10.1. The van der Waals surface area contributed by atoms with Crippen molar-refractivity contribution in [3.05, 3.63) is 34.9 Å². The molecule has 1 rings (SSSR count). The molecule has 2 heteroatoms. The summed E-state index contributed by atoms with van der Waals surface area (Å²) in [6.45, 7) is 9.38. The lowest BCUT2D eigenvalue weighted by Crippen LogP contribution is -2.27. The van der Waals surface area contributed by atoms with Gasteiger partial charge in [-0.1, -0.05) is 25.1 Å². The second kappa shape index (κ2) is 6.77. The van der Waals surface area contributed by atoms with E-state index >= 15 is 0 Å². The summed E-state index contributed by atoms with van der Waals surface area (Å²) in [6.07, 6.45) is 1.54. The number of rotatable bonds is 6. The highest BCUT2D eigenvalue weighted by molar-refractivity contribution is 5.31. The SMILES string of the molecule is CCC(C)NCCC(O)c1ccc(C)c(C)c1. The minimum atomic E-state index is -0.356. The molecule has 1 aromatic rings. The molecule has 0 aliphatic rings. The Kier molecular flexibility index (Phi) is 5.66. The zero-order valence-electron chi connectivity index (χ0n) is 11.5. The molecule has 0 saturated heterocycles. The van der Waals surface area contributed by atoms with Gasteiger partial charge in [0.2, 0.25) is 0 Å². The standard InChI is InChI=1S/C15H25NO/c1-5-13(4)16-9-8-15(17)14-7-6-11(2)12(3)10-14/h6-7,10,13,15-17H,5,8-9H2,1-4H3. The predicted octanol–water partition coefficient (Wildman–Crippen LogP) is 3.12. The summed E-state index contributed by atoms with van der Waals surface area (Å²) >= 11 is 0. The van der Waals surface area contributed by atoms with Crippen LogP contribution in [0.25, 0.3) is 0 Å². The van der Waals surface area contributed by atoms with Crippen molar-refractivity contribution in [3.63, 3.8) is 0 Å². The number of hydrogen-bond acceptors (Lipinski definition) is 2. The van der Waals surface area contributed by atoms with Gasteiger partial charge in [-0.05, 0) is 56.8 Å². The largest absolute Gasteiger partial charge is 0.388 e. The summed E-state index contributed by atoms with van der Waals surface area (Å²) in [5.74, 6) is 0. The molecule has 0 amide bonds. The van der Waals surface area contributed by atoms with E-state index in [9.17, 15) is 5.11 Å². The highest BCUT2D eigenvalue weighted by Crippen LogP contribution is 2.19. The van der Waals surface area contributed by atoms with Gasteiger partial charge >= 0.3 is 0 Å². The van der Waals surface area contributed by atoms with E-state index in [4.69, 9.17) is 0 Å². The van der Waals surface area contributed by atoms with E-state index in [0.717, 1.165) is 24.9 Å². The minimum Gasteiger partial charge on any atom is -0.388 e. The van der Waals surface area contributed by atoms with Gasteiger partial charge in [0.25, 0.3) is 0 Å². The first-order valence-corrected chi connectivity index (χ1v) is 6.53. The molecule has 0 bridgehead atoms. The molecule has 0 heterocycles. The molecular weight excluding hydrogens is 210 g/mol. The third-order valence-corrected chi connectivity index (χ3v) is 3.44. The Morgan fingerprint density at radius 3 is 2.53 bits per heavy atom. The van der Waals surface area contributed by atoms with Gasteiger partial charge in [0.05, 0.1) is 6.10 Å². The van der Waals surface area contributed by atoms with Crippen LogP contribution in [-0.4, -0.2) is 17.7 Å². The number of benzene rings is 1. The lowest BCUT2D eigenvalue weighted by Gasteiger charge is -2.15. The van der Waals surface area contributed by atoms with Gasteiger partial charge in [-0.25, -0.2) is 0 Å². The molecule has 0 aliphatic carbocycles. The maximum atomic E-state index is 10.1. The minimum absolute atomic E-state index is 0.356. The van der Waals surface area contributed by atoms with Gasteiger partial charge in [-0.3, -0.25) is 0 Å². The number of aryl methyl sites for hydroxylation is 2. The maximum Gasteiger partial charge on any atom is 0.0802 e. The second-order valence-electron chi connectivity index (χ2n) is 4.91. The Morgan fingerprint density at radius 1 is 1.24 bits per heavy atom. The van der Waals surface area contributed by atoms with Crippen LogP contribution in [0.1, 0.15) is 49.5 Å². The van der Waals surface area contributed by atoms with E-state index in [1.165, 1.54) is 11.1 Å². The third-order valence-electron chi connectivity index (χ3n) is 3.44. The van der Waals surface area contributed by atoms with Crippen LogP contribution in [0.15, 0.2) is 18.2 Å². The summed E-state index contributed by atoms with van der Waals surface area (Å²) in [5, 5.41) is 13.5. The van der Waals surface area contributed by atoms with Gasteiger partial charge in [0.15, 0.2) is 0 Å². The Bertz CT molecular complexity index is 349. The van der Waals surface area contributed by atoms with E-state index in [1.54, 1.807) is 0 Å². The van der Waals surface area contributed by atoms with Crippen molar-refractivity contribution in [2.45, 2.75) is 52.7 Å². The normalized spacial score (nSPS) is 14.6. The van der Waals surface area contributed by atoms with Crippen molar-refractivity contribution in [1.82, 2.24) is 5.32 Å². The van der Waals surface area contributed by atoms with Crippen molar-refractivity contribution >= 4 is 0 Å². The molecule has 0 fully saturated rings. The fourth-order valence-corrected chi connectivity index (χ4v) is 1.75. The lowest BCUT2D eigenvalue weighted by atomic mass is 10.0. The first-order valence-electron chi connectivity index (χ1n) is 6.53. The van der Waals surface area contributed by atoms with Crippen LogP contribution in [0.5, 0.6) is 0 Å². The summed E-state index contributed by atoms with van der Waals surface area (Å²) in [4.78, 5) is 0. The van der Waals surface area contributed by atoms with Crippen LogP contribution in [0.4, 0.5) is 0 Å². The van der Waals surface area contributed by atoms with Gasteiger partial charge in [0, 0.05) is 6.04 Å². The highest BCUT2D eigenvalue weighted by Gasteiger charge is 2.08. The molecule has 1 aromatic carbocycles. The lowest BCUT2D eigenvalue weighted by molar-refractivity contribution is 0.165. The zero-order chi connectivity index (χ0) is 12.8. The molecule has 0 radical (unpaired) electrons. The topological polar surface area (TPSA) is 32.3 Å². The molecule has 0 aromatic heterocycles. The van der Waals surface area contributed by atoms with E-state index in [0.29, 0.717) is 6.04 Å². The second-order valence-corrected chi connectivity index (χ2v) is 4.91. The fraction of sp³-hybridized carbons (Fsp3) is 0.600. The number of aliphatic hydroxyl groups excluding tert-OH is 1. The van der Waals surface area contributed by atoms with E-state index < -0.39 is 0 Å². The molecule has 96 valence electrons. The van der Waals surface area contributed by atoms with Crippen LogP contribution < -0.4 is 5.32 Å². The molecule has 0 spiro atoms. The van der Waals surface area contributed by atoms with Gasteiger partial charge in [0.1, 0.15) is 0 Å². The Balaban J connectivity index is 2.46. The van der Waals surface area contributed by atoms with Crippen molar-refractivity contribution in [2.24, 2.45) is 0 Å². The van der Waals surface area contributed by atoms with Crippen LogP contribution in [0.2, 0.25) is 0 Å². The summed E-state index contributed by atoms with van der Waals surface area (Å²) < 4.78 is 0. The predicted molar refractivity (Wildman–Crippen MR) is 73.2 cm³/mol. The van der Waals surface area contributed by atoms with E-state index in [1.807, 2.05) is 6.07 Å². The first kappa shape index (κ1) is 14.2. The first-order chi connectivity index (χ1) is 8.04. The van der Waals surface area contributed by atoms with Crippen molar-refractivity contribution in [1.29, 1.82) is 0 Å². The molecule has 2 nitrogen and oxygen atoms in total. The molecule has 2 N–H and O–H groups in total. The van der Waals surface area contributed by atoms with E-state index in [-0.39, 0.29) is 6.10 Å². The Morgan fingerprint density at radius 2 is 1.94 bits per heavy atom. The third kappa shape index (κ3) is 4.49. The van der Waals surface area contributed by atoms with Gasteiger partial charge < -0.3 is 10.4 Å². The molecule has 0 saturated carbocycles. The van der Waals surface area contributed by atoms with Gasteiger partial charge in [-0.15, -0.1) is 0 Å². The van der Waals surface area contributed by atoms with Gasteiger partial charge in [-0.2, -0.15) is 0 Å². The molecule has 0 aliphatic heterocycles. The fourth-order valence-electron chi connectivity index (χ4n) is 1.75. The summed E-state index contributed by atoms with van der Waals surface area (Å²) in [7, 11) is 0. The number of hydrogen-bond donors (Lipinski definition) is 2. The summed E-state index contributed by atoms with van der Waals surface area (Å²) in [6, 6.07) is 6.72. The number of aliphatic hydroxyl groups is 1. The monoisotopic (exact) mass is 235 g/mol. The molecular formula is C15H25NO. The quantitative estimate of drug-likeness (QED) is 0.794. The highest BCUT2D eigenvalue weighted by atomic mass is 16.3. The zero-order valence-corrected chi connectivity index (χ0v) is 11.5. The van der Waals surface area contributed by atoms with Crippen LogP contribution in [0.3, 0.4) is 0 Å². The van der Waals surface area contributed by atoms with Crippen molar-refractivity contribution in [2.75, 3.05) is 6.54 Å².